The Morgan fingerprint density at radius 1 is 0.889 bits per heavy atom. The van der Waals surface area contributed by atoms with E-state index in [9.17, 15) is 4.79 Å². The molecule has 3 aliphatic rings. The second-order valence-electron chi connectivity index (χ2n) is 6.38. The monoisotopic (exact) mass is 250 g/mol. The van der Waals surface area contributed by atoms with E-state index in [0.717, 1.165) is 12.5 Å². The fourth-order valence-corrected chi connectivity index (χ4v) is 4.21. The van der Waals surface area contributed by atoms with Crippen LogP contribution in [-0.2, 0) is 0 Å². The first-order valence-corrected chi connectivity index (χ1v) is 7.92. The van der Waals surface area contributed by atoms with Crippen molar-refractivity contribution >= 4 is 6.03 Å². The smallest absolute Gasteiger partial charge is 0.317 e. The van der Waals surface area contributed by atoms with E-state index >= 15 is 0 Å². The number of carbonyl (C=O) groups excluding carboxylic acids is 1. The molecule has 0 bridgehead atoms. The van der Waals surface area contributed by atoms with E-state index in [1.165, 1.54) is 64.2 Å². The molecule has 1 heterocycles. The quantitative estimate of drug-likeness (QED) is 0.761. The SMILES string of the molecule is O=C(NC1CCCCC1)N1CCCC2CCCC21. The molecule has 1 aliphatic heterocycles. The van der Waals surface area contributed by atoms with Gasteiger partial charge in [-0.3, -0.25) is 0 Å². The van der Waals surface area contributed by atoms with Gasteiger partial charge in [0.25, 0.3) is 0 Å². The minimum atomic E-state index is 0.235. The van der Waals surface area contributed by atoms with Gasteiger partial charge in [0.05, 0.1) is 0 Å². The van der Waals surface area contributed by atoms with Crippen LogP contribution in [0.25, 0.3) is 0 Å². The van der Waals surface area contributed by atoms with Crippen molar-refractivity contribution in [3.63, 3.8) is 0 Å². The molecule has 3 heteroatoms. The van der Waals surface area contributed by atoms with Gasteiger partial charge >= 0.3 is 6.03 Å². The Bertz CT molecular complexity index is 299. The molecule has 3 rings (SSSR count). The summed E-state index contributed by atoms with van der Waals surface area (Å²) in [4.78, 5) is 14.6. The van der Waals surface area contributed by atoms with Crippen molar-refractivity contribution in [2.24, 2.45) is 5.92 Å². The number of nitrogens with one attached hydrogen (secondary N) is 1. The van der Waals surface area contributed by atoms with E-state index < -0.39 is 0 Å². The van der Waals surface area contributed by atoms with Crippen LogP contribution >= 0.6 is 0 Å². The number of rotatable bonds is 1. The zero-order valence-corrected chi connectivity index (χ0v) is 11.4. The largest absolute Gasteiger partial charge is 0.335 e. The molecular formula is C15H26N2O. The number of amides is 2. The number of likely N-dealkylation sites (tertiary alicyclic amines) is 1. The molecule has 102 valence electrons. The average molecular weight is 250 g/mol. The highest BCUT2D eigenvalue weighted by atomic mass is 16.2. The Kier molecular flexibility index (Phi) is 3.76. The van der Waals surface area contributed by atoms with Crippen LogP contribution in [0.2, 0.25) is 0 Å². The van der Waals surface area contributed by atoms with Crippen LogP contribution in [-0.4, -0.2) is 29.6 Å². The summed E-state index contributed by atoms with van der Waals surface area (Å²) in [5.74, 6) is 0.802. The van der Waals surface area contributed by atoms with Gasteiger partial charge in [-0.2, -0.15) is 0 Å². The number of nitrogens with zero attached hydrogens (tertiary/aromatic N) is 1. The molecule has 1 N–H and O–H groups in total. The molecule has 0 aromatic heterocycles. The second-order valence-corrected chi connectivity index (χ2v) is 6.38. The predicted octanol–water partition coefficient (Wildman–Crippen LogP) is 3.29. The van der Waals surface area contributed by atoms with E-state index in [-0.39, 0.29) is 6.03 Å². The highest BCUT2D eigenvalue weighted by molar-refractivity contribution is 5.75. The van der Waals surface area contributed by atoms with E-state index in [2.05, 4.69) is 10.2 Å². The molecular weight excluding hydrogens is 224 g/mol. The van der Waals surface area contributed by atoms with Gasteiger partial charge in [-0.25, -0.2) is 4.79 Å². The third-order valence-corrected chi connectivity index (χ3v) is 5.19. The molecule has 2 unspecified atom stereocenters. The molecule has 2 atom stereocenters. The minimum Gasteiger partial charge on any atom is -0.335 e. The molecule has 18 heavy (non-hydrogen) atoms. The standard InChI is InChI=1S/C15H26N2O/c18-15(16-13-8-2-1-3-9-13)17-11-5-7-12-6-4-10-14(12)17/h12-14H,1-11H2,(H,16,18). The van der Waals surface area contributed by atoms with Crippen LogP contribution in [0.4, 0.5) is 4.79 Å². The Morgan fingerprint density at radius 2 is 1.67 bits per heavy atom. The third-order valence-electron chi connectivity index (χ3n) is 5.19. The van der Waals surface area contributed by atoms with Gasteiger partial charge in [0.15, 0.2) is 0 Å². The zero-order valence-electron chi connectivity index (χ0n) is 11.4. The molecule has 0 spiro atoms. The van der Waals surface area contributed by atoms with E-state index in [4.69, 9.17) is 0 Å². The van der Waals surface area contributed by atoms with Crippen LogP contribution in [0.1, 0.15) is 64.2 Å². The highest BCUT2D eigenvalue weighted by Gasteiger charge is 2.37. The van der Waals surface area contributed by atoms with E-state index in [1.54, 1.807) is 0 Å². The molecule has 3 fully saturated rings. The normalized spacial score (nSPS) is 33.2. The summed E-state index contributed by atoms with van der Waals surface area (Å²) in [5.41, 5.74) is 0. The third kappa shape index (κ3) is 2.50. The fourth-order valence-electron chi connectivity index (χ4n) is 4.21. The summed E-state index contributed by atoms with van der Waals surface area (Å²) >= 11 is 0. The van der Waals surface area contributed by atoms with Crippen LogP contribution < -0.4 is 5.32 Å². The number of hydrogen-bond donors (Lipinski definition) is 1. The molecule has 2 aliphatic carbocycles. The lowest BCUT2D eigenvalue weighted by Crippen LogP contribution is -2.52. The summed E-state index contributed by atoms with van der Waals surface area (Å²) in [6, 6.07) is 1.24. The Hall–Kier alpha value is -0.730. The maximum Gasteiger partial charge on any atom is 0.317 e. The lowest BCUT2D eigenvalue weighted by atomic mass is 9.92. The first-order valence-electron chi connectivity index (χ1n) is 7.92. The van der Waals surface area contributed by atoms with Gasteiger partial charge in [-0.1, -0.05) is 25.7 Å². The van der Waals surface area contributed by atoms with Crippen LogP contribution in [0, 0.1) is 5.92 Å². The summed E-state index contributed by atoms with van der Waals surface area (Å²) in [5, 5.41) is 3.29. The lowest BCUT2D eigenvalue weighted by molar-refractivity contribution is 0.124. The van der Waals surface area contributed by atoms with Gasteiger partial charge in [0, 0.05) is 18.6 Å². The van der Waals surface area contributed by atoms with Crippen LogP contribution in [0.5, 0.6) is 0 Å². The predicted molar refractivity (Wildman–Crippen MR) is 72.5 cm³/mol. The van der Waals surface area contributed by atoms with Crippen molar-refractivity contribution in [2.45, 2.75) is 76.3 Å². The van der Waals surface area contributed by atoms with Gasteiger partial charge in [-0.05, 0) is 44.4 Å². The molecule has 1 saturated heterocycles. The highest BCUT2D eigenvalue weighted by Crippen LogP contribution is 2.36. The Balaban J connectivity index is 1.57. The summed E-state index contributed by atoms with van der Waals surface area (Å²) < 4.78 is 0. The molecule has 0 radical (unpaired) electrons. The Morgan fingerprint density at radius 3 is 2.50 bits per heavy atom. The number of piperidine rings is 1. The summed E-state index contributed by atoms with van der Waals surface area (Å²) in [6.07, 6.45) is 12.8. The lowest BCUT2D eigenvalue weighted by Gasteiger charge is -2.39. The van der Waals surface area contributed by atoms with Gasteiger partial charge in [-0.15, -0.1) is 0 Å². The van der Waals surface area contributed by atoms with Crippen molar-refractivity contribution in [3.8, 4) is 0 Å². The van der Waals surface area contributed by atoms with Gasteiger partial charge in [0.2, 0.25) is 0 Å². The first-order chi connectivity index (χ1) is 8.84. The molecule has 3 nitrogen and oxygen atoms in total. The number of urea groups is 1. The van der Waals surface area contributed by atoms with E-state index in [1.807, 2.05) is 0 Å². The fraction of sp³-hybridized carbons (Fsp3) is 0.933. The minimum absolute atomic E-state index is 0.235. The first kappa shape index (κ1) is 12.3. The van der Waals surface area contributed by atoms with Gasteiger partial charge < -0.3 is 10.2 Å². The van der Waals surface area contributed by atoms with Gasteiger partial charge in [0.1, 0.15) is 0 Å². The summed E-state index contributed by atoms with van der Waals surface area (Å²) in [6.45, 7) is 0.986. The maximum absolute atomic E-state index is 12.4. The molecule has 0 aromatic carbocycles. The van der Waals surface area contributed by atoms with Crippen molar-refractivity contribution in [3.05, 3.63) is 0 Å². The summed E-state index contributed by atoms with van der Waals surface area (Å²) in [7, 11) is 0. The van der Waals surface area contributed by atoms with Crippen LogP contribution in [0.15, 0.2) is 0 Å². The number of fused-ring (bicyclic) bond motifs is 1. The zero-order chi connectivity index (χ0) is 12.4. The van der Waals surface area contributed by atoms with Crippen LogP contribution in [0.3, 0.4) is 0 Å². The second kappa shape index (κ2) is 5.50. The molecule has 0 aromatic rings. The maximum atomic E-state index is 12.4. The van der Waals surface area contributed by atoms with Crippen molar-refractivity contribution < 1.29 is 4.79 Å². The topological polar surface area (TPSA) is 32.3 Å². The number of hydrogen-bond acceptors (Lipinski definition) is 1. The number of carbonyl (C=O) groups is 1. The van der Waals surface area contributed by atoms with Crippen molar-refractivity contribution in [1.82, 2.24) is 10.2 Å². The molecule has 2 saturated carbocycles. The van der Waals surface area contributed by atoms with E-state index in [0.29, 0.717) is 12.1 Å². The van der Waals surface area contributed by atoms with Crippen molar-refractivity contribution in [1.29, 1.82) is 0 Å². The molecule has 2 amide bonds. The van der Waals surface area contributed by atoms with Crippen molar-refractivity contribution in [2.75, 3.05) is 6.54 Å². The average Bonchev–Trinajstić information content (AvgIpc) is 2.87. The Labute approximate surface area is 110 Å².